The van der Waals surface area contributed by atoms with Gasteiger partial charge in [-0.05, 0) is 37.6 Å². The maximum Gasteiger partial charge on any atom is 0.258 e. The molecular weight excluding hydrogens is 262 g/mol. The van der Waals surface area contributed by atoms with Gasteiger partial charge in [0.15, 0.2) is 0 Å². The number of piperidine rings is 1. The minimum absolute atomic E-state index is 0.139. The van der Waals surface area contributed by atoms with Crippen LogP contribution >= 0.6 is 0 Å². The number of aromatic nitrogens is 2. The zero-order chi connectivity index (χ0) is 14.4. The fourth-order valence-electron chi connectivity index (χ4n) is 3.93. The predicted molar refractivity (Wildman–Crippen MR) is 82.3 cm³/mol. The molecule has 2 unspecified atom stereocenters. The van der Waals surface area contributed by atoms with E-state index in [-0.39, 0.29) is 5.56 Å². The van der Waals surface area contributed by atoms with Gasteiger partial charge < -0.3 is 9.47 Å². The maximum atomic E-state index is 12.8. The van der Waals surface area contributed by atoms with Gasteiger partial charge in [-0.2, -0.15) is 0 Å². The Balaban J connectivity index is 1.83. The van der Waals surface area contributed by atoms with Gasteiger partial charge in [-0.25, -0.2) is 0 Å². The molecule has 0 aliphatic carbocycles. The minimum atomic E-state index is 0.139. The number of pyridine rings is 2. The highest BCUT2D eigenvalue weighted by Crippen LogP contribution is 2.35. The molecule has 0 radical (unpaired) electrons. The van der Waals surface area contributed by atoms with Crippen molar-refractivity contribution >= 4 is 0 Å². The van der Waals surface area contributed by atoms with E-state index in [0.717, 1.165) is 30.8 Å². The molecule has 0 amide bonds. The normalized spacial score (nSPS) is 24.6. The molecule has 1 saturated heterocycles. The first-order valence-electron chi connectivity index (χ1n) is 7.55. The van der Waals surface area contributed by atoms with Crippen molar-refractivity contribution in [2.75, 3.05) is 20.1 Å². The predicted octanol–water partition coefficient (Wildman–Crippen LogP) is 1.96. The highest BCUT2D eigenvalue weighted by molar-refractivity contribution is 5.61. The third-order valence-corrected chi connectivity index (χ3v) is 4.76. The van der Waals surface area contributed by atoms with Crippen molar-refractivity contribution in [3.63, 3.8) is 0 Å². The van der Waals surface area contributed by atoms with Crippen LogP contribution in [0.5, 0.6) is 0 Å². The lowest BCUT2D eigenvalue weighted by Crippen LogP contribution is -2.45. The molecule has 0 N–H and O–H groups in total. The summed E-state index contributed by atoms with van der Waals surface area (Å²) in [6.45, 7) is 3.00. The second-order valence-corrected chi connectivity index (χ2v) is 6.35. The van der Waals surface area contributed by atoms with Crippen LogP contribution in [-0.2, 0) is 6.54 Å². The van der Waals surface area contributed by atoms with Gasteiger partial charge >= 0.3 is 0 Å². The molecule has 0 aromatic carbocycles. The van der Waals surface area contributed by atoms with Gasteiger partial charge in [-0.1, -0.05) is 6.07 Å². The van der Waals surface area contributed by atoms with Crippen LogP contribution in [0, 0.1) is 5.92 Å². The number of likely N-dealkylation sites (tertiary alicyclic amines) is 1. The summed E-state index contributed by atoms with van der Waals surface area (Å²) in [7, 11) is 2.18. The first-order chi connectivity index (χ1) is 10.2. The van der Waals surface area contributed by atoms with E-state index in [9.17, 15) is 4.79 Å². The second kappa shape index (κ2) is 4.81. The van der Waals surface area contributed by atoms with Crippen LogP contribution < -0.4 is 5.56 Å². The highest BCUT2D eigenvalue weighted by Gasteiger charge is 2.33. The third-order valence-electron chi connectivity index (χ3n) is 4.76. The topological polar surface area (TPSA) is 38.1 Å². The van der Waals surface area contributed by atoms with Crippen LogP contribution in [0.2, 0.25) is 0 Å². The van der Waals surface area contributed by atoms with Crippen LogP contribution in [0.1, 0.15) is 18.0 Å². The number of hydrogen-bond donors (Lipinski definition) is 0. The second-order valence-electron chi connectivity index (χ2n) is 6.35. The van der Waals surface area contributed by atoms with Crippen molar-refractivity contribution in [3.05, 3.63) is 52.7 Å². The molecule has 1 fully saturated rings. The summed E-state index contributed by atoms with van der Waals surface area (Å²) in [6, 6.07) is 7.95. The summed E-state index contributed by atoms with van der Waals surface area (Å²) < 4.78 is 2.01. The van der Waals surface area contributed by atoms with Crippen molar-refractivity contribution in [2.24, 2.45) is 5.92 Å². The Kier molecular flexibility index (Phi) is 2.93. The van der Waals surface area contributed by atoms with Gasteiger partial charge in [-0.3, -0.25) is 9.78 Å². The van der Waals surface area contributed by atoms with Gasteiger partial charge in [0, 0.05) is 54.8 Å². The zero-order valence-corrected chi connectivity index (χ0v) is 12.2. The van der Waals surface area contributed by atoms with E-state index in [1.54, 1.807) is 12.4 Å². The molecule has 0 spiro atoms. The SMILES string of the molecule is CN1CC2CC(C1)c1ccc(-c3cccnc3)c(=O)n1C2. The fourth-order valence-corrected chi connectivity index (χ4v) is 3.93. The van der Waals surface area contributed by atoms with Crippen LogP contribution in [0.4, 0.5) is 0 Å². The van der Waals surface area contributed by atoms with E-state index in [4.69, 9.17) is 0 Å². The van der Waals surface area contributed by atoms with E-state index in [1.807, 2.05) is 22.8 Å². The molecule has 2 aromatic rings. The van der Waals surface area contributed by atoms with Crippen LogP contribution in [0.3, 0.4) is 0 Å². The van der Waals surface area contributed by atoms with E-state index in [1.165, 1.54) is 12.1 Å². The summed E-state index contributed by atoms with van der Waals surface area (Å²) >= 11 is 0. The van der Waals surface area contributed by atoms with Gasteiger partial charge in [0.1, 0.15) is 0 Å². The number of hydrogen-bond acceptors (Lipinski definition) is 3. The first-order valence-corrected chi connectivity index (χ1v) is 7.55. The third kappa shape index (κ3) is 2.10. The van der Waals surface area contributed by atoms with E-state index >= 15 is 0 Å². The Morgan fingerprint density at radius 1 is 1.19 bits per heavy atom. The van der Waals surface area contributed by atoms with Gasteiger partial charge in [0.25, 0.3) is 5.56 Å². The molecule has 4 nitrogen and oxygen atoms in total. The molecule has 2 aromatic heterocycles. The zero-order valence-electron chi connectivity index (χ0n) is 12.2. The number of rotatable bonds is 1. The smallest absolute Gasteiger partial charge is 0.258 e. The molecule has 0 saturated carbocycles. The van der Waals surface area contributed by atoms with Gasteiger partial charge in [0.05, 0.1) is 0 Å². The quantitative estimate of drug-likeness (QED) is 0.802. The molecule has 108 valence electrons. The molecule has 4 rings (SSSR count). The molecular formula is C17H19N3O. The largest absolute Gasteiger partial charge is 0.311 e. The Labute approximate surface area is 124 Å². The van der Waals surface area contributed by atoms with Gasteiger partial charge in [0.2, 0.25) is 0 Å². The number of nitrogens with zero attached hydrogens (tertiary/aromatic N) is 3. The fraction of sp³-hybridized carbons (Fsp3) is 0.412. The molecule has 4 heteroatoms. The van der Waals surface area contributed by atoms with Crippen molar-refractivity contribution in [1.82, 2.24) is 14.5 Å². The summed E-state index contributed by atoms with van der Waals surface area (Å²) in [5, 5.41) is 0. The van der Waals surface area contributed by atoms with Crippen molar-refractivity contribution in [3.8, 4) is 11.1 Å². The monoisotopic (exact) mass is 281 g/mol. The lowest BCUT2D eigenvalue weighted by molar-refractivity contribution is 0.145. The van der Waals surface area contributed by atoms with Crippen LogP contribution in [0.15, 0.2) is 41.5 Å². The Bertz CT molecular complexity index is 723. The summed E-state index contributed by atoms with van der Waals surface area (Å²) in [4.78, 5) is 19.4. The lowest BCUT2D eigenvalue weighted by atomic mass is 9.83. The molecule has 2 aliphatic rings. The Hall–Kier alpha value is -1.94. The Morgan fingerprint density at radius 2 is 2.10 bits per heavy atom. The molecule has 4 heterocycles. The van der Waals surface area contributed by atoms with Crippen molar-refractivity contribution in [1.29, 1.82) is 0 Å². The average molecular weight is 281 g/mol. The minimum Gasteiger partial charge on any atom is -0.311 e. The van der Waals surface area contributed by atoms with E-state index in [2.05, 4.69) is 23.0 Å². The average Bonchev–Trinajstić information content (AvgIpc) is 2.49. The van der Waals surface area contributed by atoms with E-state index in [0.29, 0.717) is 11.8 Å². The van der Waals surface area contributed by atoms with Crippen LogP contribution in [0.25, 0.3) is 11.1 Å². The van der Waals surface area contributed by atoms with Crippen molar-refractivity contribution in [2.45, 2.75) is 18.9 Å². The molecule has 21 heavy (non-hydrogen) atoms. The summed E-state index contributed by atoms with van der Waals surface area (Å²) in [5.74, 6) is 1.10. The lowest BCUT2D eigenvalue weighted by Gasteiger charge is -2.41. The summed E-state index contributed by atoms with van der Waals surface area (Å²) in [5.41, 5.74) is 3.01. The molecule has 2 aliphatic heterocycles. The van der Waals surface area contributed by atoms with Gasteiger partial charge in [-0.15, -0.1) is 0 Å². The van der Waals surface area contributed by atoms with E-state index < -0.39 is 0 Å². The first kappa shape index (κ1) is 12.8. The highest BCUT2D eigenvalue weighted by atomic mass is 16.1. The standard InChI is InChI=1S/C17H19N3O/c1-19-9-12-7-14(11-19)16-5-4-15(17(21)20(16)10-12)13-3-2-6-18-8-13/h2-6,8,12,14H,7,9-11H2,1H3. The number of fused-ring (bicyclic) bond motifs is 4. The molecule has 2 atom stereocenters. The molecule has 2 bridgehead atoms. The van der Waals surface area contributed by atoms with Crippen LogP contribution in [-0.4, -0.2) is 34.6 Å². The maximum absolute atomic E-state index is 12.8. The number of likely N-dealkylation sites (N-methyl/N-ethyl adjacent to an activating group) is 1. The van der Waals surface area contributed by atoms with Crippen molar-refractivity contribution < 1.29 is 0 Å². The summed E-state index contributed by atoms with van der Waals surface area (Å²) in [6.07, 6.45) is 4.72. The Morgan fingerprint density at radius 3 is 2.90 bits per heavy atom.